The molecule has 0 spiro atoms. The van der Waals surface area contributed by atoms with Crippen molar-refractivity contribution in [2.45, 2.75) is 38.8 Å². The minimum Gasteiger partial charge on any atom is -0.394 e. The quantitative estimate of drug-likeness (QED) is 0.519. The molecular weight excluding hydrogens is 234 g/mol. The Morgan fingerprint density at radius 3 is 1.78 bits per heavy atom. The van der Waals surface area contributed by atoms with E-state index in [4.69, 9.17) is 10.2 Å². The molecule has 101 valence electrons. The van der Waals surface area contributed by atoms with Crippen molar-refractivity contribution < 1.29 is 10.2 Å². The highest BCUT2D eigenvalue weighted by Crippen LogP contribution is 2.07. The van der Waals surface area contributed by atoms with Crippen LogP contribution in [0, 0.1) is 6.33 Å². The number of anilines is 2. The molecule has 0 fully saturated rings. The second-order valence-electron chi connectivity index (χ2n) is 3.95. The summed E-state index contributed by atoms with van der Waals surface area (Å²) < 4.78 is 0. The van der Waals surface area contributed by atoms with Gasteiger partial charge in [-0.2, -0.15) is 15.0 Å². The molecule has 0 aromatic carbocycles. The van der Waals surface area contributed by atoms with Crippen molar-refractivity contribution >= 4 is 11.9 Å². The van der Waals surface area contributed by atoms with Gasteiger partial charge in [0, 0.05) is 0 Å². The number of aromatic nitrogens is 3. The van der Waals surface area contributed by atoms with E-state index < -0.39 is 0 Å². The largest absolute Gasteiger partial charge is 0.394 e. The first-order valence-electron chi connectivity index (χ1n) is 6.10. The van der Waals surface area contributed by atoms with Crippen molar-refractivity contribution in [3.8, 4) is 0 Å². The second kappa shape index (κ2) is 7.78. The molecular formula is C11H20N5O2. The zero-order valence-electron chi connectivity index (χ0n) is 10.7. The number of hydrogen-bond donors (Lipinski definition) is 4. The number of nitrogens with one attached hydrogen (secondary N) is 2. The van der Waals surface area contributed by atoms with Crippen LogP contribution in [0.3, 0.4) is 0 Å². The monoisotopic (exact) mass is 254 g/mol. The molecule has 0 aliphatic rings. The molecule has 7 heteroatoms. The van der Waals surface area contributed by atoms with Gasteiger partial charge >= 0.3 is 0 Å². The van der Waals surface area contributed by atoms with Gasteiger partial charge in [-0.25, -0.2) is 0 Å². The van der Waals surface area contributed by atoms with Gasteiger partial charge in [-0.1, -0.05) is 13.8 Å². The van der Waals surface area contributed by atoms with Crippen LogP contribution in [0.25, 0.3) is 0 Å². The molecule has 2 unspecified atom stereocenters. The van der Waals surface area contributed by atoms with Crippen molar-refractivity contribution in [3.05, 3.63) is 6.33 Å². The second-order valence-corrected chi connectivity index (χ2v) is 3.95. The van der Waals surface area contributed by atoms with Crippen molar-refractivity contribution in [3.63, 3.8) is 0 Å². The fourth-order valence-corrected chi connectivity index (χ4v) is 1.32. The molecule has 18 heavy (non-hydrogen) atoms. The smallest absolute Gasteiger partial charge is 0.228 e. The molecule has 0 aliphatic carbocycles. The van der Waals surface area contributed by atoms with E-state index in [1.54, 1.807) is 0 Å². The SMILES string of the molecule is CCC(CO)Nc1n[c]nc(NC(CC)CO)n1. The lowest BCUT2D eigenvalue weighted by molar-refractivity contribution is 0.271. The Morgan fingerprint density at radius 1 is 1.00 bits per heavy atom. The van der Waals surface area contributed by atoms with E-state index in [9.17, 15) is 0 Å². The Bertz CT molecular complexity index is 313. The van der Waals surface area contributed by atoms with Crippen LogP contribution in [0.1, 0.15) is 26.7 Å². The lowest BCUT2D eigenvalue weighted by atomic mass is 10.2. The molecule has 1 aromatic rings. The maximum absolute atomic E-state index is 9.09. The van der Waals surface area contributed by atoms with E-state index in [0.29, 0.717) is 11.9 Å². The van der Waals surface area contributed by atoms with Gasteiger partial charge in [0.15, 0.2) is 0 Å². The molecule has 7 nitrogen and oxygen atoms in total. The van der Waals surface area contributed by atoms with Gasteiger partial charge in [0.25, 0.3) is 0 Å². The summed E-state index contributed by atoms with van der Waals surface area (Å²) in [6.07, 6.45) is 4.01. The first-order valence-corrected chi connectivity index (χ1v) is 6.10. The number of hydrogen-bond acceptors (Lipinski definition) is 7. The predicted molar refractivity (Wildman–Crippen MR) is 68.2 cm³/mol. The summed E-state index contributed by atoms with van der Waals surface area (Å²) in [6, 6.07) is -0.179. The average Bonchev–Trinajstić information content (AvgIpc) is 2.42. The Labute approximate surface area is 107 Å². The summed E-state index contributed by atoms with van der Waals surface area (Å²) in [5, 5.41) is 24.1. The van der Waals surface area contributed by atoms with E-state index in [0.717, 1.165) is 12.8 Å². The van der Waals surface area contributed by atoms with E-state index in [1.165, 1.54) is 0 Å². The molecule has 1 aromatic heterocycles. The maximum atomic E-state index is 9.09. The van der Waals surface area contributed by atoms with Crippen LogP contribution >= 0.6 is 0 Å². The Kier molecular flexibility index (Phi) is 6.31. The molecule has 2 atom stereocenters. The fourth-order valence-electron chi connectivity index (χ4n) is 1.32. The van der Waals surface area contributed by atoms with E-state index in [1.807, 2.05) is 13.8 Å². The minimum atomic E-state index is -0.0894. The topological polar surface area (TPSA) is 103 Å². The highest BCUT2D eigenvalue weighted by Gasteiger charge is 2.10. The summed E-state index contributed by atoms with van der Waals surface area (Å²) in [4.78, 5) is 11.9. The third-order valence-corrected chi connectivity index (χ3v) is 2.62. The van der Waals surface area contributed by atoms with Gasteiger partial charge in [0.1, 0.15) is 0 Å². The van der Waals surface area contributed by atoms with Crippen molar-refractivity contribution in [2.75, 3.05) is 23.8 Å². The molecule has 4 N–H and O–H groups in total. The first kappa shape index (κ1) is 14.6. The normalized spacial score (nSPS) is 14.0. The van der Waals surface area contributed by atoms with Crippen LogP contribution in [0.15, 0.2) is 0 Å². The van der Waals surface area contributed by atoms with Crippen LogP contribution < -0.4 is 10.6 Å². The zero-order chi connectivity index (χ0) is 13.4. The molecule has 1 heterocycles. The van der Waals surface area contributed by atoms with E-state index in [-0.39, 0.29) is 25.3 Å². The van der Waals surface area contributed by atoms with Crippen LogP contribution in [0.4, 0.5) is 11.9 Å². The predicted octanol–water partition coefficient (Wildman–Crippen LogP) is 0.0374. The van der Waals surface area contributed by atoms with Gasteiger partial charge < -0.3 is 20.8 Å². The zero-order valence-corrected chi connectivity index (χ0v) is 10.7. The Morgan fingerprint density at radius 2 is 1.44 bits per heavy atom. The Balaban J connectivity index is 2.66. The number of nitrogens with zero attached hydrogens (tertiary/aromatic N) is 3. The fraction of sp³-hybridized carbons (Fsp3) is 0.727. The minimum absolute atomic E-state index is 0.0131. The summed E-state index contributed by atoms with van der Waals surface area (Å²) in [7, 11) is 0. The average molecular weight is 254 g/mol. The molecule has 0 bridgehead atoms. The van der Waals surface area contributed by atoms with Crippen molar-refractivity contribution in [1.29, 1.82) is 0 Å². The molecule has 0 aliphatic heterocycles. The van der Waals surface area contributed by atoms with Crippen LogP contribution in [-0.4, -0.2) is 50.5 Å². The van der Waals surface area contributed by atoms with Gasteiger partial charge in [-0.3, -0.25) is 0 Å². The highest BCUT2D eigenvalue weighted by atomic mass is 16.3. The lowest BCUT2D eigenvalue weighted by Gasteiger charge is -2.16. The van der Waals surface area contributed by atoms with Crippen LogP contribution in [0.5, 0.6) is 0 Å². The third kappa shape index (κ3) is 4.42. The molecule has 0 saturated heterocycles. The van der Waals surface area contributed by atoms with Crippen molar-refractivity contribution in [2.24, 2.45) is 0 Å². The molecule has 0 amide bonds. The van der Waals surface area contributed by atoms with Gasteiger partial charge in [0.05, 0.1) is 25.3 Å². The standard InChI is InChI=1S/C11H20N5O2/c1-3-8(5-17)14-10-12-7-13-11(16-10)15-9(4-2)6-18/h8-9,17-18H,3-6H2,1-2H3,(H2,12,13,14,15,16). The first-order chi connectivity index (χ1) is 8.73. The van der Waals surface area contributed by atoms with Crippen LogP contribution in [-0.2, 0) is 0 Å². The highest BCUT2D eigenvalue weighted by molar-refractivity contribution is 5.34. The molecule has 1 radical (unpaired) electrons. The van der Waals surface area contributed by atoms with Gasteiger partial charge in [-0.05, 0) is 12.8 Å². The number of rotatable bonds is 8. The molecule has 1 rings (SSSR count). The van der Waals surface area contributed by atoms with E-state index in [2.05, 4.69) is 31.9 Å². The van der Waals surface area contributed by atoms with Gasteiger partial charge in [0.2, 0.25) is 18.2 Å². The summed E-state index contributed by atoms with van der Waals surface area (Å²) in [5.74, 6) is 0.724. The summed E-state index contributed by atoms with van der Waals surface area (Å²) in [6.45, 7) is 3.94. The van der Waals surface area contributed by atoms with Crippen LogP contribution in [0.2, 0.25) is 0 Å². The van der Waals surface area contributed by atoms with Crippen molar-refractivity contribution in [1.82, 2.24) is 15.0 Å². The Hall–Kier alpha value is -1.47. The number of aliphatic hydroxyl groups is 2. The summed E-state index contributed by atoms with van der Waals surface area (Å²) >= 11 is 0. The summed E-state index contributed by atoms with van der Waals surface area (Å²) in [5.41, 5.74) is 0. The third-order valence-electron chi connectivity index (χ3n) is 2.62. The maximum Gasteiger partial charge on any atom is 0.228 e. The molecule has 0 saturated carbocycles. The number of aliphatic hydroxyl groups excluding tert-OH is 2. The van der Waals surface area contributed by atoms with E-state index >= 15 is 0 Å². The lowest BCUT2D eigenvalue weighted by Crippen LogP contribution is -2.26. The van der Waals surface area contributed by atoms with Gasteiger partial charge in [-0.15, -0.1) is 0 Å².